The SMILES string of the molecule is COc1ccc(CN2C(=O)C(CC(=O)O)OC(c3cccc(OC)c3OC)c3ccc(F)cc32)c(OC)c1. The highest BCUT2D eigenvalue weighted by molar-refractivity contribution is 5.99. The monoisotopic (exact) mass is 525 g/mol. The second-order valence-electron chi connectivity index (χ2n) is 8.49. The first kappa shape index (κ1) is 26.7. The van der Waals surface area contributed by atoms with E-state index in [1.54, 1.807) is 36.4 Å². The standard InChI is InChI=1S/C28H28FNO8/c1-34-18-10-8-16(23(13-18)36-3)15-30-21-12-17(29)9-11-19(21)26(38-24(28(30)33)14-25(31)32)20-6-5-7-22(35-2)27(20)37-4/h5-13,24,26H,14-15H2,1-4H3,(H,31,32). The van der Waals surface area contributed by atoms with Crippen LogP contribution in [0.5, 0.6) is 23.0 Å². The quantitative estimate of drug-likeness (QED) is 0.440. The fourth-order valence-electron chi connectivity index (χ4n) is 4.53. The van der Waals surface area contributed by atoms with Crippen molar-refractivity contribution >= 4 is 17.6 Å². The van der Waals surface area contributed by atoms with Crippen molar-refractivity contribution in [2.75, 3.05) is 33.3 Å². The number of aliphatic carboxylic acids is 1. The number of hydrogen-bond acceptors (Lipinski definition) is 7. The van der Waals surface area contributed by atoms with Crippen LogP contribution in [-0.2, 0) is 20.9 Å². The Morgan fingerprint density at radius 2 is 1.71 bits per heavy atom. The summed E-state index contributed by atoms with van der Waals surface area (Å²) in [5.41, 5.74) is 1.78. The number of benzene rings is 3. The number of carboxylic acids is 1. The number of carboxylic acid groups (broad SMARTS) is 1. The molecule has 0 aromatic heterocycles. The van der Waals surface area contributed by atoms with Gasteiger partial charge in [-0.3, -0.25) is 9.59 Å². The molecule has 10 heteroatoms. The van der Waals surface area contributed by atoms with Crippen LogP contribution in [0.2, 0.25) is 0 Å². The molecule has 1 aliphatic heterocycles. The van der Waals surface area contributed by atoms with Crippen LogP contribution in [0.15, 0.2) is 54.6 Å². The van der Waals surface area contributed by atoms with Crippen molar-refractivity contribution in [1.82, 2.24) is 0 Å². The number of anilines is 1. The van der Waals surface area contributed by atoms with E-state index in [9.17, 15) is 19.1 Å². The minimum atomic E-state index is -1.38. The van der Waals surface area contributed by atoms with Gasteiger partial charge >= 0.3 is 5.97 Å². The van der Waals surface area contributed by atoms with Crippen LogP contribution in [-0.4, -0.2) is 51.5 Å². The highest BCUT2D eigenvalue weighted by atomic mass is 19.1. The number of para-hydroxylation sites is 1. The number of hydrogen-bond donors (Lipinski definition) is 1. The minimum absolute atomic E-state index is 0.0378. The number of carbonyl (C=O) groups is 2. The maximum Gasteiger partial charge on any atom is 0.306 e. The van der Waals surface area contributed by atoms with Gasteiger partial charge in [0.1, 0.15) is 29.5 Å². The van der Waals surface area contributed by atoms with Crippen molar-refractivity contribution in [2.24, 2.45) is 0 Å². The van der Waals surface area contributed by atoms with Gasteiger partial charge in [-0.15, -0.1) is 0 Å². The number of carbonyl (C=O) groups excluding carboxylic acids is 1. The van der Waals surface area contributed by atoms with E-state index in [2.05, 4.69) is 0 Å². The Kier molecular flexibility index (Phi) is 8.02. The maximum atomic E-state index is 14.7. The predicted octanol–water partition coefficient (Wildman–Crippen LogP) is 4.36. The fourth-order valence-corrected chi connectivity index (χ4v) is 4.53. The zero-order valence-electron chi connectivity index (χ0n) is 21.4. The lowest BCUT2D eigenvalue weighted by molar-refractivity contribution is -0.147. The van der Waals surface area contributed by atoms with Gasteiger partial charge in [0.15, 0.2) is 11.5 Å². The van der Waals surface area contributed by atoms with Gasteiger partial charge in [0.2, 0.25) is 0 Å². The second kappa shape index (κ2) is 11.4. The van der Waals surface area contributed by atoms with E-state index < -0.39 is 36.3 Å². The lowest BCUT2D eigenvalue weighted by Crippen LogP contribution is -2.40. The second-order valence-corrected chi connectivity index (χ2v) is 8.49. The van der Waals surface area contributed by atoms with Gasteiger partial charge in [0.25, 0.3) is 5.91 Å². The molecule has 1 amide bonds. The number of amides is 1. The molecule has 4 rings (SSSR count). The van der Waals surface area contributed by atoms with Gasteiger partial charge in [-0.25, -0.2) is 4.39 Å². The first-order valence-electron chi connectivity index (χ1n) is 11.7. The molecule has 2 unspecified atom stereocenters. The summed E-state index contributed by atoms with van der Waals surface area (Å²) in [4.78, 5) is 26.9. The summed E-state index contributed by atoms with van der Waals surface area (Å²) < 4.78 is 42.6. The molecule has 38 heavy (non-hydrogen) atoms. The Labute approximate surface area is 219 Å². The van der Waals surface area contributed by atoms with Crippen molar-refractivity contribution in [3.05, 3.63) is 77.1 Å². The molecule has 1 aliphatic rings. The maximum absolute atomic E-state index is 14.7. The molecular weight excluding hydrogens is 497 g/mol. The third-order valence-electron chi connectivity index (χ3n) is 6.31. The van der Waals surface area contributed by atoms with E-state index in [1.165, 1.54) is 51.5 Å². The first-order chi connectivity index (χ1) is 18.3. The lowest BCUT2D eigenvalue weighted by atomic mass is 9.97. The number of ether oxygens (including phenoxy) is 5. The summed E-state index contributed by atoms with van der Waals surface area (Å²) in [5, 5.41) is 9.60. The molecule has 200 valence electrons. The molecule has 1 N–H and O–H groups in total. The van der Waals surface area contributed by atoms with E-state index in [4.69, 9.17) is 23.7 Å². The third kappa shape index (κ3) is 5.21. The molecule has 0 radical (unpaired) electrons. The summed E-state index contributed by atoms with van der Waals surface area (Å²) in [5.74, 6) is -0.668. The van der Waals surface area contributed by atoms with Crippen molar-refractivity contribution in [3.8, 4) is 23.0 Å². The van der Waals surface area contributed by atoms with E-state index in [-0.39, 0.29) is 12.2 Å². The molecule has 3 aromatic carbocycles. The molecule has 0 bridgehead atoms. The Hall–Kier alpha value is -4.31. The minimum Gasteiger partial charge on any atom is -0.497 e. The van der Waals surface area contributed by atoms with E-state index in [1.807, 2.05) is 0 Å². The van der Waals surface area contributed by atoms with Gasteiger partial charge in [-0.1, -0.05) is 18.2 Å². The molecule has 0 aliphatic carbocycles. The summed E-state index contributed by atoms with van der Waals surface area (Å²) in [6.07, 6.45) is -2.95. The number of rotatable bonds is 9. The molecule has 3 aromatic rings. The zero-order valence-corrected chi connectivity index (χ0v) is 21.4. The Bertz CT molecular complexity index is 1340. The number of nitrogens with zero attached hydrogens (tertiary/aromatic N) is 1. The molecule has 0 fully saturated rings. The number of halogens is 1. The van der Waals surface area contributed by atoms with Gasteiger partial charge in [-0.2, -0.15) is 0 Å². The van der Waals surface area contributed by atoms with Gasteiger partial charge in [-0.05, 0) is 30.3 Å². The summed E-state index contributed by atoms with van der Waals surface area (Å²) in [6, 6.07) is 14.3. The predicted molar refractivity (Wildman–Crippen MR) is 136 cm³/mol. The van der Waals surface area contributed by atoms with Crippen molar-refractivity contribution < 1.29 is 42.8 Å². The zero-order chi connectivity index (χ0) is 27.4. The van der Waals surface area contributed by atoms with Gasteiger partial charge < -0.3 is 33.7 Å². The van der Waals surface area contributed by atoms with Crippen LogP contribution >= 0.6 is 0 Å². The van der Waals surface area contributed by atoms with Crippen LogP contribution in [0.25, 0.3) is 0 Å². The fraction of sp³-hybridized carbons (Fsp3) is 0.286. The molecule has 0 spiro atoms. The third-order valence-corrected chi connectivity index (χ3v) is 6.31. The van der Waals surface area contributed by atoms with Crippen LogP contribution in [0.1, 0.15) is 29.2 Å². The first-order valence-corrected chi connectivity index (χ1v) is 11.7. The largest absolute Gasteiger partial charge is 0.497 e. The summed E-state index contributed by atoms with van der Waals surface area (Å²) >= 11 is 0. The molecular formula is C28H28FNO8. The average molecular weight is 526 g/mol. The molecule has 0 saturated carbocycles. The smallest absolute Gasteiger partial charge is 0.306 e. The normalized spacial score (nSPS) is 16.9. The highest BCUT2D eigenvalue weighted by Crippen LogP contribution is 2.45. The van der Waals surface area contributed by atoms with Crippen molar-refractivity contribution in [2.45, 2.75) is 25.2 Å². The highest BCUT2D eigenvalue weighted by Gasteiger charge is 2.39. The molecule has 1 heterocycles. The van der Waals surface area contributed by atoms with Crippen LogP contribution in [0.3, 0.4) is 0 Å². The van der Waals surface area contributed by atoms with E-state index >= 15 is 0 Å². The Morgan fingerprint density at radius 1 is 0.947 bits per heavy atom. The van der Waals surface area contributed by atoms with E-state index in [0.717, 1.165) is 0 Å². The molecule has 2 atom stereocenters. The van der Waals surface area contributed by atoms with Crippen molar-refractivity contribution in [3.63, 3.8) is 0 Å². The Morgan fingerprint density at radius 3 is 2.37 bits per heavy atom. The van der Waals surface area contributed by atoms with Gasteiger partial charge in [0, 0.05) is 22.8 Å². The number of fused-ring (bicyclic) bond motifs is 1. The summed E-state index contributed by atoms with van der Waals surface area (Å²) in [7, 11) is 5.95. The number of methoxy groups -OCH3 is 4. The van der Waals surface area contributed by atoms with E-state index in [0.29, 0.717) is 39.7 Å². The topological polar surface area (TPSA) is 104 Å². The lowest BCUT2D eigenvalue weighted by Gasteiger charge is -2.25. The molecule has 9 nitrogen and oxygen atoms in total. The Balaban J connectivity index is 1.91. The van der Waals surface area contributed by atoms with Crippen LogP contribution in [0.4, 0.5) is 10.1 Å². The van der Waals surface area contributed by atoms with Crippen LogP contribution in [0, 0.1) is 5.82 Å². The molecule has 0 saturated heterocycles. The van der Waals surface area contributed by atoms with Gasteiger partial charge in [0.05, 0.1) is 47.1 Å². The summed E-state index contributed by atoms with van der Waals surface area (Å²) in [6.45, 7) is -0.0378. The van der Waals surface area contributed by atoms with Crippen molar-refractivity contribution in [1.29, 1.82) is 0 Å². The van der Waals surface area contributed by atoms with Crippen LogP contribution < -0.4 is 23.8 Å². The average Bonchev–Trinajstić information content (AvgIpc) is 3.02.